The number of Topliss-reactive ketones (excluding diaryl/α,β-unsaturated/α-hetero) is 1. The van der Waals surface area contributed by atoms with E-state index in [1.54, 1.807) is 23.7 Å². The van der Waals surface area contributed by atoms with E-state index in [-0.39, 0.29) is 5.78 Å². The van der Waals surface area contributed by atoms with Crippen LogP contribution >= 0.6 is 11.3 Å². The number of hydrogen-bond acceptors (Lipinski definition) is 4. The smallest absolute Gasteiger partial charge is 0.205 e. The van der Waals surface area contributed by atoms with Gasteiger partial charge in [-0.15, -0.1) is 11.3 Å². The molecule has 0 fully saturated rings. The van der Waals surface area contributed by atoms with Crippen molar-refractivity contribution < 1.29 is 4.79 Å². The molecule has 2 aromatic heterocycles. The lowest BCUT2D eigenvalue weighted by Crippen LogP contribution is -2.07. The van der Waals surface area contributed by atoms with E-state index in [4.69, 9.17) is 0 Å². The fraction of sp³-hybridized carbons (Fsp3) is 0.308. The van der Waals surface area contributed by atoms with Crippen LogP contribution in [0.1, 0.15) is 32.9 Å². The van der Waals surface area contributed by atoms with Gasteiger partial charge in [-0.3, -0.25) is 4.79 Å². The minimum Gasteiger partial charge on any atom is -0.290 e. The molecule has 2 heterocycles. The zero-order valence-electron chi connectivity index (χ0n) is 9.93. The van der Waals surface area contributed by atoms with Gasteiger partial charge in [0, 0.05) is 28.6 Å². The Hall–Kier alpha value is -1.55. The van der Waals surface area contributed by atoms with Gasteiger partial charge in [0.25, 0.3) is 0 Å². The molecule has 0 aliphatic carbocycles. The average molecular weight is 246 g/mol. The Labute approximate surface area is 105 Å². The van der Waals surface area contributed by atoms with Crippen molar-refractivity contribution in [3.05, 3.63) is 45.7 Å². The molecule has 0 aromatic carbocycles. The number of rotatable bonds is 4. The highest BCUT2D eigenvalue weighted by atomic mass is 32.1. The molecule has 0 N–H and O–H groups in total. The normalized spacial score (nSPS) is 10.5. The number of aromatic nitrogens is 2. The van der Waals surface area contributed by atoms with Crippen LogP contribution in [-0.2, 0) is 12.8 Å². The maximum absolute atomic E-state index is 11.9. The number of carbonyl (C=O) groups excluding carboxylic acids is 1. The van der Waals surface area contributed by atoms with Crippen LogP contribution < -0.4 is 0 Å². The van der Waals surface area contributed by atoms with Crippen LogP contribution in [0.15, 0.2) is 24.5 Å². The van der Waals surface area contributed by atoms with Gasteiger partial charge in [0.2, 0.25) is 5.78 Å². The van der Waals surface area contributed by atoms with E-state index in [0.29, 0.717) is 12.2 Å². The molecule has 0 aliphatic rings. The monoisotopic (exact) mass is 246 g/mol. The minimum absolute atomic E-state index is 0.0190. The van der Waals surface area contributed by atoms with Crippen molar-refractivity contribution in [2.75, 3.05) is 0 Å². The maximum Gasteiger partial charge on any atom is 0.205 e. The minimum atomic E-state index is -0.0190. The number of thiophene rings is 1. The Kier molecular flexibility index (Phi) is 3.64. The van der Waals surface area contributed by atoms with Crippen molar-refractivity contribution in [3.8, 4) is 0 Å². The highest BCUT2D eigenvalue weighted by Crippen LogP contribution is 2.18. The van der Waals surface area contributed by atoms with Crippen LogP contribution in [0, 0.1) is 6.92 Å². The first kappa shape index (κ1) is 11.9. The quantitative estimate of drug-likeness (QED) is 0.779. The van der Waals surface area contributed by atoms with Gasteiger partial charge >= 0.3 is 0 Å². The first-order chi connectivity index (χ1) is 8.19. The van der Waals surface area contributed by atoms with Gasteiger partial charge in [-0.2, -0.15) is 0 Å². The Balaban J connectivity index is 2.08. The standard InChI is InChI=1S/C13H14N2OS/c1-3-10-4-5-11(17-10)6-12(16)13-14-7-9(2)8-15-13/h4-5,7-8H,3,6H2,1-2H3. The highest BCUT2D eigenvalue weighted by Gasteiger charge is 2.11. The maximum atomic E-state index is 11.9. The number of nitrogens with zero attached hydrogens (tertiary/aromatic N) is 2. The molecule has 3 nitrogen and oxygen atoms in total. The molecular weight excluding hydrogens is 232 g/mol. The molecule has 0 bridgehead atoms. The Morgan fingerprint density at radius 2 is 1.88 bits per heavy atom. The summed E-state index contributed by atoms with van der Waals surface area (Å²) in [6.45, 7) is 4.02. The lowest BCUT2D eigenvalue weighted by molar-refractivity contribution is 0.0984. The number of carbonyl (C=O) groups is 1. The van der Waals surface area contributed by atoms with Crippen LogP contribution in [0.3, 0.4) is 0 Å². The van der Waals surface area contributed by atoms with Crippen LogP contribution in [-0.4, -0.2) is 15.8 Å². The average Bonchev–Trinajstić information content (AvgIpc) is 2.77. The van der Waals surface area contributed by atoms with Crippen molar-refractivity contribution in [1.29, 1.82) is 0 Å². The number of hydrogen-bond donors (Lipinski definition) is 0. The van der Waals surface area contributed by atoms with Crippen molar-refractivity contribution in [1.82, 2.24) is 9.97 Å². The van der Waals surface area contributed by atoms with Crippen molar-refractivity contribution >= 4 is 17.1 Å². The van der Waals surface area contributed by atoms with Crippen LogP contribution in [0.4, 0.5) is 0 Å². The number of aryl methyl sites for hydroxylation is 2. The predicted molar refractivity (Wildman–Crippen MR) is 68.5 cm³/mol. The van der Waals surface area contributed by atoms with E-state index in [1.165, 1.54) is 4.88 Å². The number of ketones is 1. The first-order valence-corrected chi connectivity index (χ1v) is 6.40. The largest absolute Gasteiger partial charge is 0.290 e. The van der Waals surface area contributed by atoms with Gasteiger partial charge in [0.1, 0.15) is 0 Å². The summed E-state index contributed by atoms with van der Waals surface area (Å²) in [5.74, 6) is 0.288. The highest BCUT2D eigenvalue weighted by molar-refractivity contribution is 7.12. The summed E-state index contributed by atoms with van der Waals surface area (Å²) in [6, 6.07) is 4.08. The van der Waals surface area contributed by atoms with E-state index < -0.39 is 0 Å². The Morgan fingerprint density at radius 1 is 1.24 bits per heavy atom. The topological polar surface area (TPSA) is 42.9 Å². The second-order valence-electron chi connectivity index (χ2n) is 3.91. The summed E-state index contributed by atoms with van der Waals surface area (Å²) in [6.07, 6.45) is 4.76. The summed E-state index contributed by atoms with van der Waals surface area (Å²) < 4.78 is 0. The van der Waals surface area contributed by atoms with E-state index in [1.807, 2.05) is 13.0 Å². The van der Waals surface area contributed by atoms with E-state index in [9.17, 15) is 4.79 Å². The van der Waals surface area contributed by atoms with Crippen molar-refractivity contribution in [3.63, 3.8) is 0 Å². The molecule has 0 unspecified atom stereocenters. The van der Waals surface area contributed by atoms with Crippen molar-refractivity contribution in [2.45, 2.75) is 26.7 Å². The third-order valence-corrected chi connectivity index (χ3v) is 3.66. The molecule has 88 valence electrons. The summed E-state index contributed by atoms with van der Waals surface area (Å²) in [4.78, 5) is 22.4. The lowest BCUT2D eigenvalue weighted by atomic mass is 10.2. The van der Waals surface area contributed by atoms with Crippen LogP contribution in [0.25, 0.3) is 0 Å². The molecule has 0 spiro atoms. The predicted octanol–water partition coefficient (Wildman–Crippen LogP) is 2.83. The third kappa shape index (κ3) is 2.97. The van der Waals surface area contributed by atoms with Crippen LogP contribution in [0.2, 0.25) is 0 Å². The second kappa shape index (κ2) is 5.19. The molecule has 2 rings (SSSR count). The fourth-order valence-electron chi connectivity index (χ4n) is 1.48. The van der Waals surface area contributed by atoms with E-state index >= 15 is 0 Å². The molecule has 0 amide bonds. The molecule has 0 aliphatic heterocycles. The van der Waals surface area contributed by atoms with E-state index in [2.05, 4.69) is 23.0 Å². The molecule has 0 saturated carbocycles. The summed E-state index contributed by atoms with van der Waals surface area (Å²) in [5.41, 5.74) is 0.964. The van der Waals surface area contributed by atoms with Gasteiger partial charge in [-0.05, 0) is 31.0 Å². The molecule has 0 radical (unpaired) electrons. The van der Waals surface area contributed by atoms with Crippen LogP contribution in [0.5, 0.6) is 0 Å². The van der Waals surface area contributed by atoms with E-state index in [0.717, 1.165) is 16.9 Å². The molecule has 0 atom stereocenters. The SMILES string of the molecule is CCc1ccc(CC(=O)c2ncc(C)cn2)s1. The van der Waals surface area contributed by atoms with Gasteiger partial charge in [0.15, 0.2) is 5.82 Å². The van der Waals surface area contributed by atoms with Gasteiger partial charge in [-0.25, -0.2) is 9.97 Å². The lowest BCUT2D eigenvalue weighted by Gasteiger charge is -1.97. The van der Waals surface area contributed by atoms with Gasteiger partial charge in [-0.1, -0.05) is 6.92 Å². The summed E-state index contributed by atoms with van der Waals surface area (Å²) in [5, 5.41) is 0. The summed E-state index contributed by atoms with van der Waals surface area (Å²) >= 11 is 1.68. The zero-order chi connectivity index (χ0) is 12.3. The molecular formula is C13H14N2OS. The molecule has 2 aromatic rings. The summed E-state index contributed by atoms with van der Waals surface area (Å²) in [7, 11) is 0. The Morgan fingerprint density at radius 3 is 2.47 bits per heavy atom. The fourth-order valence-corrected chi connectivity index (χ4v) is 2.44. The van der Waals surface area contributed by atoms with Crippen molar-refractivity contribution in [2.24, 2.45) is 0 Å². The molecule has 17 heavy (non-hydrogen) atoms. The first-order valence-electron chi connectivity index (χ1n) is 5.58. The molecule has 4 heteroatoms. The zero-order valence-corrected chi connectivity index (χ0v) is 10.8. The van der Waals surface area contributed by atoms with Gasteiger partial charge < -0.3 is 0 Å². The third-order valence-electron chi connectivity index (χ3n) is 2.43. The second-order valence-corrected chi connectivity index (χ2v) is 5.16. The van der Waals surface area contributed by atoms with Gasteiger partial charge in [0.05, 0.1) is 0 Å². The molecule has 0 saturated heterocycles. The Bertz CT molecular complexity index is 516.